The van der Waals surface area contributed by atoms with E-state index < -0.39 is 11.7 Å². The number of carbonyl (C=O) groups is 1. The Morgan fingerprint density at radius 2 is 1.73 bits per heavy atom. The number of aliphatic imine (C=N–C) groups is 1. The minimum absolute atomic E-state index is 0.223. The van der Waals surface area contributed by atoms with Crippen LogP contribution in [0, 0.1) is 35.4 Å². The summed E-state index contributed by atoms with van der Waals surface area (Å²) in [6.07, 6.45) is 2.48. The molecule has 8 nitrogen and oxygen atoms in total. The molecule has 1 fully saturated rings. The Morgan fingerprint density at radius 1 is 1.10 bits per heavy atom. The van der Waals surface area contributed by atoms with Gasteiger partial charge in [0.2, 0.25) is 0 Å². The summed E-state index contributed by atoms with van der Waals surface area (Å²) in [4.78, 5) is 21.8. The number of nitrogens with one attached hydrogen (secondary N) is 1. The Balaban J connectivity index is 1.37. The number of nitriles is 2. The maximum absolute atomic E-state index is 15.9. The summed E-state index contributed by atoms with van der Waals surface area (Å²) in [5.41, 5.74) is 4.29. The number of ether oxygens (including phenoxy) is 1. The second-order valence-corrected chi connectivity index (χ2v) is 10.7. The van der Waals surface area contributed by atoms with E-state index in [0.717, 1.165) is 19.6 Å². The third kappa shape index (κ3) is 5.21. The van der Waals surface area contributed by atoms with Crippen LogP contribution in [0.5, 0.6) is 5.75 Å². The summed E-state index contributed by atoms with van der Waals surface area (Å²) >= 11 is 0. The largest absolute Gasteiger partial charge is 0.492 e. The predicted octanol–water partition coefficient (Wildman–Crippen LogP) is 4.92. The number of amides is 1. The Bertz CT molecular complexity index is 1530. The van der Waals surface area contributed by atoms with Gasteiger partial charge >= 0.3 is 0 Å². The second kappa shape index (κ2) is 11.6. The maximum atomic E-state index is 15.9. The molecule has 5 rings (SSSR count). The SMILES string of the molecule is CC1=C(C#N)C(c2cc3c(c(C)c2F)CN=C3NC(=O)c2ccc(OCCN3CCCC3)cc2)C(C#N)=C(C)N1C. The number of rotatable bonds is 6. The number of benzene rings is 2. The van der Waals surface area contributed by atoms with E-state index in [2.05, 4.69) is 27.3 Å². The zero-order valence-electron chi connectivity index (χ0n) is 23.8. The first-order valence-electron chi connectivity index (χ1n) is 13.8. The van der Waals surface area contributed by atoms with Crippen LogP contribution in [0.3, 0.4) is 0 Å². The van der Waals surface area contributed by atoms with Gasteiger partial charge in [-0.25, -0.2) is 4.39 Å². The van der Waals surface area contributed by atoms with Gasteiger partial charge in [-0.3, -0.25) is 14.7 Å². The second-order valence-electron chi connectivity index (χ2n) is 10.7. The Kier molecular flexibility index (Phi) is 7.92. The summed E-state index contributed by atoms with van der Waals surface area (Å²) in [7, 11) is 1.79. The molecule has 0 bridgehead atoms. The summed E-state index contributed by atoms with van der Waals surface area (Å²) in [5.74, 6) is -0.619. The highest BCUT2D eigenvalue weighted by molar-refractivity contribution is 6.14. The van der Waals surface area contributed by atoms with Crippen LogP contribution in [0.25, 0.3) is 0 Å². The number of amidine groups is 1. The zero-order chi connectivity index (χ0) is 29.3. The molecule has 2 aromatic carbocycles. The quantitative estimate of drug-likeness (QED) is 0.545. The zero-order valence-corrected chi connectivity index (χ0v) is 23.8. The highest BCUT2D eigenvalue weighted by Crippen LogP contribution is 2.43. The molecule has 0 spiro atoms. The third-order valence-electron chi connectivity index (χ3n) is 8.45. The summed E-state index contributed by atoms with van der Waals surface area (Å²) in [6, 6.07) is 13.0. The van der Waals surface area contributed by atoms with Crippen LogP contribution in [0.1, 0.15) is 65.2 Å². The molecule has 0 saturated carbocycles. The van der Waals surface area contributed by atoms with Crippen LogP contribution in [0.4, 0.5) is 4.39 Å². The van der Waals surface area contributed by atoms with Crippen molar-refractivity contribution in [2.75, 3.05) is 33.3 Å². The Hall–Kier alpha value is -4.47. The molecule has 1 amide bonds. The standard InChI is InChI=1S/C32H33FN6O2/c1-19-28-18-36-31(37-32(40)22-7-9-23(10-8-22)41-14-13-39-11-5-6-12-39)24(28)15-25(30(19)33)29-26(16-34)20(2)38(4)21(3)27(29)17-35/h7-10,15,29H,5-6,11-14,18H2,1-4H3,(H,36,37,40). The van der Waals surface area contributed by atoms with Gasteiger partial charge in [-0.1, -0.05) is 0 Å². The Morgan fingerprint density at radius 3 is 2.34 bits per heavy atom. The molecule has 1 N–H and O–H groups in total. The molecule has 3 heterocycles. The van der Waals surface area contributed by atoms with Gasteiger partial charge in [-0.15, -0.1) is 0 Å². The van der Waals surface area contributed by atoms with Crippen LogP contribution in [-0.4, -0.2) is 54.8 Å². The van der Waals surface area contributed by atoms with Gasteiger partial charge in [0.05, 0.1) is 35.7 Å². The Labute approximate surface area is 240 Å². The average molecular weight is 553 g/mol. The van der Waals surface area contributed by atoms with E-state index in [0.29, 0.717) is 63.0 Å². The fraction of sp³-hybridized carbons (Fsp3) is 0.375. The van der Waals surface area contributed by atoms with E-state index in [1.165, 1.54) is 12.8 Å². The molecule has 9 heteroatoms. The lowest BCUT2D eigenvalue weighted by Crippen LogP contribution is -2.31. The lowest BCUT2D eigenvalue weighted by Gasteiger charge is -2.33. The van der Waals surface area contributed by atoms with Crippen LogP contribution in [0.15, 0.2) is 57.9 Å². The van der Waals surface area contributed by atoms with E-state index in [1.54, 1.807) is 63.1 Å². The number of allylic oxidation sites excluding steroid dienone is 4. The highest BCUT2D eigenvalue weighted by Gasteiger charge is 2.36. The fourth-order valence-corrected chi connectivity index (χ4v) is 5.79. The summed E-state index contributed by atoms with van der Waals surface area (Å²) in [5, 5.41) is 22.9. The van der Waals surface area contributed by atoms with Crippen molar-refractivity contribution in [3.05, 3.63) is 86.5 Å². The first kappa shape index (κ1) is 28.1. The predicted molar refractivity (Wildman–Crippen MR) is 154 cm³/mol. The lowest BCUT2D eigenvalue weighted by atomic mass is 9.79. The summed E-state index contributed by atoms with van der Waals surface area (Å²) < 4.78 is 21.7. The van der Waals surface area contributed by atoms with Gasteiger partial charge < -0.3 is 15.0 Å². The van der Waals surface area contributed by atoms with E-state index in [-0.39, 0.29) is 18.0 Å². The van der Waals surface area contributed by atoms with Crippen molar-refractivity contribution in [2.24, 2.45) is 4.99 Å². The molecule has 0 radical (unpaired) electrons. The van der Waals surface area contributed by atoms with Crippen molar-refractivity contribution in [2.45, 2.75) is 46.1 Å². The average Bonchev–Trinajstić information content (AvgIpc) is 3.64. The van der Waals surface area contributed by atoms with Crippen LogP contribution in [0.2, 0.25) is 0 Å². The van der Waals surface area contributed by atoms with Gasteiger partial charge in [0, 0.05) is 41.7 Å². The van der Waals surface area contributed by atoms with Crippen LogP contribution >= 0.6 is 0 Å². The molecule has 3 aliphatic heterocycles. The molecular weight excluding hydrogens is 519 g/mol. The van der Waals surface area contributed by atoms with E-state index in [1.807, 2.05) is 0 Å². The lowest BCUT2D eigenvalue weighted by molar-refractivity contribution is 0.0977. The molecular formula is C32H33FN6O2. The number of fused-ring (bicyclic) bond motifs is 1. The van der Waals surface area contributed by atoms with Crippen LogP contribution < -0.4 is 10.1 Å². The molecule has 210 valence electrons. The van der Waals surface area contributed by atoms with Crippen LogP contribution in [-0.2, 0) is 6.54 Å². The molecule has 0 aromatic heterocycles. The molecule has 0 unspecified atom stereocenters. The maximum Gasteiger partial charge on any atom is 0.256 e. The van der Waals surface area contributed by atoms with Crippen molar-refractivity contribution in [3.8, 4) is 17.9 Å². The van der Waals surface area contributed by atoms with Crippen molar-refractivity contribution in [3.63, 3.8) is 0 Å². The number of carbonyl (C=O) groups excluding carboxylic acids is 1. The normalized spacial score (nSPS) is 17.3. The monoisotopic (exact) mass is 552 g/mol. The van der Waals surface area contributed by atoms with Crippen molar-refractivity contribution >= 4 is 11.7 Å². The van der Waals surface area contributed by atoms with Gasteiger partial charge in [0.25, 0.3) is 5.91 Å². The van der Waals surface area contributed by atoms with Gasteiger partial charge in [-0.05, 0) is 88.2 Å². The van der Waals surface area contributed by atoms with E-state index in [4.69, 9.17) is 4.74 Å². The fourth-order valence-electron chi connectivity index (χ4n) is 5.79. The van der Waals surface area contributed by atoms with Gasteiger partial charge in [-0.2, -0.15) is 10.5 Å². The van der Waals surface area contributed by atoms with Gasteiger partial charge in [0.1, 0.15) is 24.0 Å². The first-order chi connectivity index (χ1) is 19.7. The number of halogens is 1. The number of nitrogens with zero attached hydrogens (tertiary/aromatic N) is 5. The van der Waals surface area contributed by atoms with E-state index >= 15 is 4.39 Å². The molecule has 0 atom stereocenters. The summed E-state index contributed by atoms with van der Waals surface area (Å²) in [6.45, 7) is 9.19. The molecule has 41 heavy (non-hydrogen) atoms. The minimum Gasteiger partial charge on any atom is -0.492 e. The van der Waals surface area contributed by atoms with Crippen molar-refractivity contribution in [1.29, 1.82) is 10.5 Å². The molecule has 3 aliphatic rings. The number of hydrogen-bond donors (Lipinski definition) is 1. The third-order valence-corrected chi connectivity index (χ3v) is 8.45. The topological polar surface area (TPSA) is 105 Å². The highest BCUT2D eigenvalue weighted by atomic mass is 19.1. The van der Waals surface area contributed by atoms with Crippen molar-refractivity contribution < 1.29 is 13.9 Å². The molecule has 0 aliphatic carbocycles. The minimum atomic E-state index is -0.847. The van der Waals surface area contributed by atoms with Crippen molar-refractivity contribution in [1.82, 2.24) is 15.1 Å². The number of likely N-dealkylation sites (tertiary alicyclic amines) is 1. The first-order valence-corrected chi connectivity index (χ1v) is 13.8. The van der Waals surface area contributed by atoms with Gasteiger partial charge in [0.15, 0.2) is 0 Å². The van der Waals surface area contributed by atoms with E-state index in [9.17, 15) is 15.3 Å². The number of hydrogen-bond acceptors (Lipinski definition) is 7. The smallest absolute Gasteiger partial charge is 0.256 e. The molecule has 2 aromatic rings. The molecule has 1 saturated heterocycles.